The number of urea groups is 1. The van der Waals surface area contributed by atoms with E-state index in [1.54, 1.807) is 4.90 Å². The molecule has 1 aromatic carbocycles. The fourth-order valence-corrected chi connectivity index (χ4v) is 2.44. The highest BCUT2D eigenvalue weighted by Crippen LogP contribution is 2.27. The molecule has 2 amide bonds. The van der Waals surface area contributed by atoms with Gasteiger partial charge in [-0.3, -0.25) is 4.90 Å². The number of para-hydroxylation sites is 1. The summed E-state index contributed by atoms with van der Waals surface area (Å²) in [6.45, 7) is 4.34. The third kappa shape index (κ3) is 2.76. The number of rotatable bonds is 4. The van der Waals surface area contributed by atoms with Crippen LogP contribution in [0.1, 0.15) is 25.8 Å². The first-order valence-electron chi connectivity index (χ1n) is 6.93. The fourth-order valence-electron chi connectivity index (χ4n) is 2.44. The van der Waals surface area contributed by atoms with E-state index in [-0.39, 0.29) is 11.9 Å². The molecule has 1 aromatic rings. The number of carbonyl (C=O) groups excluding carboxylic acids is 1. The first kappa shape index (κ1) is 14.4. The monoisotopic (exact) mass is 276 g/mol. The first-order chi connectivity index (χ1) is 9.54. The number of anilines is 1. The number of nitrogens with one attached hydrogen (secondary N) is 1. The Morgan fingerprint density at radius 3 is 2.75 bits per heavy atom. The molecule has 2 atom stereocenters. The number of amides is 2. The molecule has 0 saturated heterocycles. The average Bonchev–Trinajstić information content (AvgIpc) is 2.87. The van der Waals surface area contributed by atoms with Crippen LogP contribution in [0.5, 0.6) is 0 Å². The Kier molecular flexibility index (Phi) is 4.27. The van der Waals surface area contributed by atoms with Gasteiger partial charge in [-0.25, -0.2) is 9.59 Å². The molecule has 1 heterocycles. The highest BCUT2D eigenvalue weighted by Gasteiger charge is 2.30. The van der Waals surface area contributed by atoms with Crippen molar-refractivity contribution in [2.75, 3.05) is 11.4 Å². The van der Waals surface area contributed by atoms with Gasteiger partial charge < -0.3 is 10.4 Å². The molecule has 1 aliphatic heterocycles. The molecule has 1 aliphatic rings. The van der Waals surface area contributed by atoms with Crippen molar-refractivity contribution in [2.45, 2.75) is 32.7 Å². The van der Waals surface area contributed by atoms with Crippen molar-refractivity contribution in [3.05, 3.63) is 29.8 Å². The Bertz CT molecular complexity index is 516. The number of carboxylic acid groups (broad SMARTS) is 1. The lowest BCUT2D eigenvalue weighted by Crippen LogP contribution is -2.50. The molecule has 1 unspecified atom stereocenters. The molecule has 0 aromatic heterocycles. The molecule has 0 fully saturated rings. The van der Waals surface area contributed by atoms with Crippen molar-refractivity contribution in [3.63, 3.8) is 0 Å². The minimum Gasteiger partial charge on any atom is -0.480 e. The summed E-state index contributed by atoms with van der Waals surface area (Å²) in [6, 6.07) is 6.53. The summed E-state index contributed by atoms with van der Waals surface area (Å²) in [7, 11) is 0. The van der Waals surface area contributed by atoms with Gasteiger partial charge in [0.15, 0.2) is 0 Å². The second kappa shape index (κ2) is 5.94. The van der Waals surface area contributed by atoms with E-state index in [2.05, 4.69) is 5.32 Å². The lowest BCUT2D eigenvalue weighted by molar-refractivity contribution is -0.140. The fraction of sp³-hybridized carbons (Fsp3) is 0.467. The van der Waals surface area contributed by atoms with E-state index in [0.29, 0.717) is 13.0 Å². The summed E-state index contributed by atoms with van der Waals surface area (Å²) in [5.41, 5.74) is 2.00. The zero-order valence-corrected chi connectivity index (χ0v) is 11.8. The predicted molar refractivity (Wildman–Crippen MR) is 76.9 cm³/mol. The van der Waals surface area contributed by atoms with E-state index in [1.165, 1.54) is 0 Å². The van der Waals surface area contributed by atoms with E-state index >= 15 is 0 Å². The second-order valence-corrected chi connectivity index (χ2v) is 5.18. The lowest BCUT2D eigenvalue weighted by Gasteiger charge is -2.24. The third-order valence-electron chi connectivity index (χ3n) is 3.89. The van der Waals surface area contributed by atoms with Gasteiger partial charge in [0.25, 0.3) is 0 Å². The number of nitrogens with zero attached hydrogens (tertiary/aromatic N) is 1. The van der Waals surface area contributed by atoms with E-state index in [0.717, 1.165) is 17.7 Å². The lowest BCUT2D eigenvalue weighted by atomic mass is 9.99. The Morgan fingerprint density at radius 2 is 2.10 bits per heavy atom. The second-order valence-electron chi connectivity index (χ2n) is 5.18. The first-order valence-corrected chi connectivity index (χ1v) is 6.93. The summed E-state index contributed by atoms with van der Waals surface area (Å²) in [4.78, 5) is 25.2. The molecule has 0 saturated carbocycles. The smallest absolute Gasteiger partial charge is 0.326 e. The summed E-state index contributed by atoms with van der Waals surface area (Å²) in [6.07, 6.45) is 1.51. The Labute approximate surface area is 118 Å². The van der Waals surface area contributed by atoms with E-state index in [9.17, 15) is 14.7 Å². The third-order valence-corrected chi connectivity index (χ3v) is 3.89. The minimum absolute atomic E-state index is 0.103. The number of carboxylic acids is 1. The van der Waals surface area contributed by atoms with Crippen molar-refractivity contribution in [1.82, 2.24) is 5.32 Å². The van der Waals surface area contributed by atoms with Crippen LogP contribution in [-0.4, -0.2) is 29.7 Å². The van der Waals surface area contributed by atoms with Crippen LogP contribution in [0.4, 0.5) is 10.5 Å². The van der Waals surface area contributed by atoms with Gasteiger partial charge in [-0.05, 0) is 24.0 Å². The molecule has 20 heavy (non-hydrogen) atoms. The Morgan fingerprint density at radius 1 is 1.40 bits per heavy atom. The summed E-state index contributed by atoms with van der Waals surface area (Å²) < 4.78 is 0. The van der Waals surface area contributed by atoms with Gasteiger partial charge >= 0.3 is 12.0 Å². The highest BCUT2D eigenvalue weighted by atomic mass is 16.4. The Hall–Kier alpha value is -2.04. The van der Waals surface area contributed by atoms with Gasteiger partial charge in [0.1, 0.15) is 6.04 Å². The number of aliphatic carboxylic acids is 1. The molecule has 108 valence electrons. The Balaban J connectivity index is 2.11. The average molecular weight is 276 g/mol. The number of hydrogen-bond donors (Lipinski definition) is 2. The normalized spacial score (nSPS) is 16.4. The van der Waals surface area contributed by atoms with Gasteiger partial charge in [-0.1, -0.05) is 38.5 Å². The van der Waals surface area contributed by atoms with Crippen molar-refractivity contribution in [3.8, 4) is 0 Å². The summed E-state index contributed by atoms with van der Waals surface area (Å²) in [5.74, 6) is -1.09. The van der Waals surface area contributed by atoms with Crippen LogP contribution in [-0.2, 0) is 11.2 Å². The molecule has 2 rings (SSSR count). The van der Waals surface area contributed by atoms with Crippen LogP contribution >= 0.6 is 0 Å². The zero-order valence-electron chi connectivity index (χ0n) is 11.8. The molecular weight excluding hydrogens is 256 g/mol. The molecule has 0 bridgehead atoms. The molecule has 0 spiro atoms. The number of carbonyl (C=O) groups is 2. The van der Waals surface area contributed by atoms with Gasteiger partial charge in [0.2, 0.25) is 0 Å². The van der Waals surface area contributed by atoms with Crippen LogP contribution in [0.2, 0.25) is 0 Å². The highest BCUT2D eigenvalue weighted by molar-refractivity contribution is 5.96. The van der Waals surface area contributed by atoms with E-state index in [1.807, 2.05) is 38.1 Å². The quantitative estimate of drug-likeness (QED) is 0.886. The molecule has 5 nitrogen and oxygen atoms in total. The molecule has 0 radical (unpaired) electrons. The van der Waals surface area contributed by atoms with Gasteiger partial charge in [-0.2, -0.15) is 0 Å². The minimum atomic E-state index is -0.986. The predicted octanol–water partition coefficient (Wildman–Crippen LogP) is 2.26. The zero-order chi connectivity index (χ0) is 14.7. The molecule has 2 N–H and O–H groups in total. The summed E-state index contributed by atoms with van der Waals surface area (Å²) >= 11 is 0. The van der Waals surface area contributed by atoms with Crippen LogP contribution in [0.15, 0.2) is 24.3 Å². The number of benzene rings is 1. The maximum atomic E-state index is 12.3. The molecule has 5 heteroatoms. The van der Waals surface area contributed by atoms with E-state index < -0.39 is 12.0 Å². The van der Waals surface area contributed by atoms with E-state index in [4.69, 9.17) is 0 Å². The summed E-state index contributed by atoms with van der Waals surface area (Å²) in [5, 5.41) is 11.9. The van der Waals surface area contributed by atoms with Gasteiger partial charge in [0, 0.05) is 12.2 Å². The molecular formula is C15H20N2O3. The standard InChI is InChI=1S/C15H20N2O3/c1-3-10(2)13(14(18)19)16-15(20)17-9-8-11-6-4-5-7-12(11)17/h4-7,10,13H,3,8-9H2,1-2H3,(H,16,20)(H,18,19)/t10?,13-/m1/s1. The molecule has 0 aliphatic carbocycles. The largest absolute Gasteiger partial charge is 0.480 e. The maximum Gasteiger partial charge on any atom is 0.326 e. The van der Waals surface area contributed by atoms with Gasteiger partial charge in [0.05, 0.1) is 0 Å². The van der Waals surface area contributed by atoms with Gasteiger partial charge in [-0.15, -0.1) is 0 Å². The van der Waals surface area contributed by atoms with Crippen molar-refractivity contribution >= 4 is 17.7 Å². The van der Waals surface area contributed by atoms with Crippen molar-refractivity contribution < 1.29 is 14.7 Å². The van der Waals surface area contributed by atoms with Crippen molar-refractivity contribution in [2.24, 2.45) is 5.92 Å². The topological polar surface area (TPSA) is 69.6 Å². The van der Waals surface area contributed by atoms with Crippen molar-refractivity contribution in [1.29, 1.82) is 0 Å². The SMILES string of the molecule is CCC(C)[C@@H](NC(=O)N1CCc2ccccc21)C(=O)O. The maximum absolute atomic E-state index is 12.3. The van der Waals surface area contributed by atoms with Crippen LogP contribution in [0.25, 0.3) is 0 Å². The number of hydrogen-bond acceptors (Lipinski definition) is 2. The van der Waals surface area contributed by atoms with Crippen LogP contribution in [0.3, 0.4) is 0 Å². The van der Waals surface area contributed by atoms with Crippen LogP contribution in [0, 0.1) is 5.92 Å². The van der Waals surface area contributed by atoms with Crippen LogP contribution < -0.4 is 10.2 Å². The number of fused-ring (bicyclic) bond motifs is 1.